The Morgan fingerprint density at radius 1 is 1.35 bits per heavy atom. The number of likely N-dealkylation sites (N-methyl/N-ethyl adjacent to an activating group) is 1. The quantitative estimate of drug-likeness (QED) is 0.891. The van der Waals surface area contributed by atoms with Gasteiger partial charge in [0.1, 0.15) is 12.6 Å². The van der Waals surface area contributed by atoms with Crippen molar-refractivity contribution in [3.05, 3.63) is 24.3 Å². The van der Waals surface area contributed by atoms with Crippen molar-refractivity contribution >= 4 is 18.3 Å². The molecule has 6 nitrogen and oxygen atoms in total. The summed E-state index contributed by atoms with van der Waals surface area (Å²) in [6.07, 6.45) is -0.281. The zero-order valence-electron chi connectivity index (χ0n) is 13.4. The monoisotopic (exact) mass is 342 g/mol. The molecule has 0 bridgehead atoms. The van der Waals surface area contributed by atoms with Crippen LogP contribution in [0.4, 0.5) is 0 Å². The minimum atomic E-state index is -0.296. The predicted octanol–water partition coefficient (Wildman–Crippen LogP) is 1.08. The van der Waals surface area contributed by atoms with Crippen molar-refractivity contribution in [2.24, 2.45) is 0 Å². The van der Waals surface area contributed by atoms with Gasteiger partial charge in [-0.1, -0.05) is 12.1 Å². The standard InChI is InChI=1S/C16H22N2O4.ClH/c1-11-15(17-7-8-20-11)16(19)18(2)9-12-10-21-13-5-3-4-6-14(13)22-12;/h3-6,11-12,15,17H,7-10H2,1-2H3;1H/t11-,12?,15+;/m1./s1. The van der Waals surface area contributed by atoms with Crippen LogP contribution in [0.5, 0.6) is 11.5 Å². The average molecular weight is 343 g/mol. The summed E-state index contributed by atoms with van der Waals surface area (Å²) in [6.45, 7) is 4.19. The van der Waals surface area contributed by atoms with Crippen LogP contribution in [0.15, 0.2) is 24.3 Å². The van der Waals surface area contributed by atoms with Crippen molar-refractivity contribution in [3.8, 4) is 11.5 Å². The van der Waals surface area contributed by atoms with Gasteiger partial charge in [0.05, 0.1) is 19.3 Å². The summed E-state index contributed by atoms with van der Waals surface area (Å²) >= 11 is 0. The summed E-state index contributed by atoms with van der Waals surface area (Å²) in [6, 6.07) is 7.28. The van der Waals surface area contributed by atoms with Gasteiger partial charge in [0, 0.05) is 13.6 Å². The zero-order valence-corrected chi connectivity index (χ0v) is 14.2. The second-order valence-electron chi connectivity index (χ2n) is 5.72. The third kappa shape index (κ3) is 4.07. The van der Waals surface area contributed by atoms with Crippen molar-refractivity contribution in [2.75, 3.05) is 33.4 Å². The number of amides is 1. The van der Waals surface area contributed by atoms with E-state index in [1.807, 2.05) is 31.2 Å². The Labute approximate surface area is 142 Å². The molecule has 0 spiro atoms. The first kappa shape index (κ1) is 17.8. The van der Waals surface area contributed by atoms with Crippen LogP contribution in [0.1, 0.15) is 6.92 Å². The van der Waals surface area contributed by atoms with Gasteiger partial charge >= 0.3 is 0 Å². The van der Waals surface area contributed by atoms with Gasteiger partial charge in [-0.3, -0.25) is 4.79 Å². The first-order valence-electron chi connectivity index (χ1n) is 7.63. The van der Waals surface area contributed by atoms with Crippen molar-refractivity contribution in [1.29, 1.82) is 0 Å². The molecule has 0 aliphatic carbocycles. The Kier molecular flexibility index (Phi) is 6.10. The fourth-order valence-electron chi connectivity index (χ4n) is 2.80. The second kappa shape index (κ2) is 7.86. The number of benzene rings is 1. The van der Waals surface area contributed by atoms with Gasteiger partial charge in [-0.15, -0.1) is 12.4 Å². The molecule has 0 radical (unpaired) electrons. The van der Waals surface area contributed by atoms with Crippen molar-refractivity contribution in [2.45, 2.75) is 25.2 Å². The molecule has 128 valence electrons. The molecule has 3 rings (SSSR count). The number of rotatable bonds is 3. The topological polar surface area (TPSA) is 60.0 Å². The number of carbonyl (C=O) groups excluding carboxylic acids is 1. The van der Waals surface area contributed by atoms with Gasteiger partial charge in [0.2, 0.25) is 5.91 Å². The van der Waals surface area contributed by atoms with Crippen LogP contribution in [-0.4, -0.2) is 62.4 Å². The molecule has 3 atom stereocenters. The average Bonchev–Trinajstić information content (AvgIpc) is 2.54. The Balaban J connectivity index is 0.00000192. The van der Waals surface area contributed by atoms with Crippen LogP contribution in [-0.2, 0) is 9.53 Å². The van der Waals surface area contributed by atoms with E-state index in [2.05, 4.69) is 5.32 Å². The largest absolute Gasteiger partial charge is 0.486 e. The van der Waals surface area contributed by atoms with Gasteiger partial charge in [-0.05, 0) is 19.1 Å². The highest BCUT2D eigenvalue weighted by molar-refractivity contribution is 5.85. The summed E-state index contributed by atoms with van der Waals surface area (Å²) in [4.78, 5) is 14.2. The number of morpholine rings is 1. The molecule has 0 aromatic heterocycles. The molecule has 2 aliphatic heterocycles. The van der Waals surface area contributed by atoms with E-state index in [1.54, 1.807) is 11.9 Å². The van der Waals surface area contributed by atoms with Crippen LogP contribution < -0.4 is 14.8 Å². The summed E-state index contributed by atoms with van der Waals surface area (Å²) < 4.78 is 17.1. The van der Waals surface area contributed by atoms with Crippen molar-refractivity contribution in [3.63, 3.8) is 0 Å². The third-order valence-corrected chi connectivity index (χ3v) is 4.00. The van der Waals surface area contributed by atoms with E-state index in [9.17, 15) is 4.79 Å². The summed E-state index contributed by atoms with van der Waals surface area (Å²) in [5, 5.41) is 3.21. The summed E-state index contributed by atoms with van der Waals surface area (Å²) in [5.74, 6) is 1.51. The molecular weight excluding hydrogens is 320 g/mol. The van der Waals surface area contributed by atoms with E-state index in [-0.39, 0.29) is 36.6 Å². The maximum absolute atomic E-state index is 12.5. The Bertz CT molecular complexity index is 543. The molecule has 2 aliphatic rings. The number of hydrogen-bond acceptors (Lipinski definition) is 5. The number of para-hydroxylation sites is 2. The van der Waals surface area contributed by atoms with E-state index in [4.69, 9.17) is 14.2 Å². The summed E-state index contributed by atoms with van der Waals surface area (Å²) in [7, 11) is 1.79. The molecule has 0 saturated carbocycles. The van der Waals surface area contributed by atoms with Gasteiger partial charge in [0.15, 0.2) is 17.6 Å². The zero-order chi connectivity index (χ0) is 15.5. The molecule has 1 amide bonds. The fourth-order valence-corrected chi connectivity index (χ4v) is 2.80. The van der Waals surface area contributed by atoms with E-state index >= 15 is 0 Å². The lowest BCUT2D eigenvalue weighted by Gasteiger charge is -2.34. The van der Waals surface area contributed by atoms with Crippen LogP contribution >= 0.6 is 12.4 Å². The number of ether oxygens (including phenoxy) is 3. The van der Waals surface area contributed by atoms with E-state index in [0.717, 1.165) is 11.5 Å². The van der Waals surface area contributed by atoms with Gasteiger partial charge in [-0.25, -0.2) is 0 Å². The Morgan fingerprint density at radius 2 is 2.09 bits per heavy atom. The molecule has 1 fully saturated rings. The number of nitrogens with one attached hydrogen (secondary N) is 1. The molecule has 23 heavy (non-hydrogen) atoms. The van der Waals surface area contributed by atoms with Gasteiger partial charge in [0.25, 0.3) is 0 Å². The lowest BCUT2D eigenvalue weighted by atomic mass is 10.1. The van der Waals surface area contributed by atoms with Crippen LogP contribution in [0.3, 0.4) is 0 Å². The first-order chi connectivity index (χ1) is 10.6. The number of nitrogens with zero attached hydrogens (tertiary/aromatic N) is 1. The molecule has 1 aromatic rings. The molecule has 1 N–H and O–H groups in total. The molecule has 1 aromatic carbocycles. The van der Waals surface area contributed by atoms with Crippen LogP contribution in [0.2, 0.25) is 0 Å². The molecular formula is C16H23ClN2O4. The molecule has 1 saturated heterocycles. The molecule has 1 unspecified atom stereocenters. The minimum Gasteiger partial charge on any atom is -0.486 e. The normalized spacial score (nSPS) is 26.1. The van der Waals surface area contributed by atoms with E-state index < -0.39 is 0 Å². The number of halogens is 1. The van der Waals surface area contributed by atoms with Gasteiger partial charge < -0.3 is 24.4 Å². The van der Waals surface area contributed by atoms with Crippen molar-refractivity contribution < 1.29 is 19.0 Å². The Morgan fingerprint density at radius 3 is 2.83 bits per heavy atom. The number of fused-ring (bicyclic) bond motifs is 1. The minimum absolute atomic E-state index is 0. The second-order valence-corrected chi connectivity index (χ2v) is 5.72. The highest BCUT2D eigenvalue weighted by Crippen LogP contribution is 2.30. The highest BCUT2D eigenvalue weighted by Gasteiger charge is 2.32. The number of carbonyl (C=O) groups is 1. The van der Waals surface area contributed by atoms with E-state index in [0.29, 0.717) is 26.3 Å². The molecule has 7 heteroatoms. The Hall–Kier alpha value is -1.50. The van der Waals surface area contributed by atoms with Gasteiger partial charge in [-0.2, -0.15) is 0 Å². The first-order valence-corrected chi connectivity index (χ1v) is 7.63. The predicted molar refractivity (Wildman–Crippen MR) is 88.4 cm³/mol. The number of hydrogen-bond donors (Lipinski definition) is 1. The van der Waals surface area contributed by atoms with Crippen molar-refractivity contribution in [1.82, 2.24) is 10.2 Å². The molecule has 2 heterocycles. The maximum Gasteiger partial charge on any atom is 0.242 e. The smallest absolute Gasteiger partial charge is 0.242 e. The highest BCUT2D eigenvalue weighted by atomic mass is 35.5. The summed E-state index contributed by atoms with van der Waals surface area (Å²) in [5.41, 5.74) is 0. The lowest BCUT2D eigenvalue weighted by molar-refractivity contribution is -0.139. The van der Waals surface area contributed by atoms with Crippen LogP contribution in [0, 0.1) is 0 Å². The third-order valence-electron chi connectivity index (χ3n) is 4.00. The maximum atomic E-state index is 12.5. The SMILES string of the molecule is C[C@H]1OCCN[C@@H]1C(=O)N(C)CC1COc2ccccc2O1.Cl. The lowest BCUT2D eigenvalue weighted by Crippen LogP contribution is -2.57. The fraction of sp³-hybridized carbons (Fsp3) is 0.562. The van der Waals surface area contributed by atoms with E-state index in [1.165, 1.54) is 0 Å². The van der Waals surface area contributed by atoms with Crippen LogP contribution in [0.25, 0.3) is 0 Å².